The molecule has 0 aliphatic rings. The van der Waals surface area contributed by atoms with Gasteiger partial charge in [-0.15, -0.1) is 0 Å². The van der Waals surface area contributed by atoms with E-state index in [9.17, 15) is 0 Å². The second-order valence-corrected chi connectivity index (χ2v) is 4.35. The fourth-order valence-corrected chi connectivity index (χ4v) is 1.45. The topological polar surface area (TPSA) is 18.5 Å². The molecule has 0 N–H and O–H groups in total. The van der Waals surface area contributed by atoms with Crippen LogP contribution in [0.15, 0.2) is 18.2 Å². The summed E-state index contributed by atoms with van der Waals surface area (Å²) < 4.78 is 11.4. The smallest absolute Gasteiger partial charge is 0.126 e. The second-order valence-electron chi connectivity index (χ2n) is 4.35. The molecular formula is C14H21O2. The third kappa shape index (κ3) is 3.76. The molecule has 0 atom stereocenters. The van der Waals surface area contributed by atoms with Gasteiger partial charge in [0.05, 0.1) is 12.2 Å². The van der Waals surface area contributed by atoms with Gasteiger partial charge in [0.2, 0.25) is 0 Å². The lowest BCUT2D eigenvalue weighted by molar-refractivity contribution is 0.228. The summed E-state index contributed by atoms with van der Waals surface area (Å²) in [6, 6.07) is 5.93. The molecule has 2 heteroatoms. The van der Waals surface area contributed by atoms with E-state index in [-0.39, 0.29) is 12.2 Å². The van der Waals surface area contributed by atoms with E-state index in [2.05, 4.69) is 6.92 Å². The van der Waals surface area contributed by atoms with Crippen LogP contribution in [0.3, 0.4) is 0 Å². The Morgan fingerprint density at radius 3 is 2.19 bits per heavy atom. The van der Waals surface area contributed by atoms with E-state index in [1.54, 1.807) is 0 Å². The maximum Gasteiger partial charge on any atom is 0.126 e. The quantitative estimate of drug-likeness (QED) is 0.755. The Morgan fingerprint density at radius 2 is 1.69 bits per heavy atom. The molecule has 0 aliphatic heterocycles. The Balaban J connectivity index is 2.91. The average Bonchev–Trinajstić information content (AvgIpc) is 2.16. The van der Waals surface area contributed by atoms with Crippen LogP contribution in [-0.2, 0) is 6.42 Å². The molecule has 0 saturated carbocycles. The van der Waals surface area contributed by atoms with E-state index in [4.69, 9.17) is 9.47 Å². The molecule has 0 spiro atoms. The molecule has 1 aromatic carbocycles. The number of hydrogen-bond acceptors (Lipinski definition) is 2. The third-order valence-corrected chi connectivity index (χ3v) is 2.04. The minimum absolute atomic E-state index is 0.166. The monoisotopic (exact) mass is 221 g/mol. The second kappa shape index (κ2) is 5.78. The van der Waals surface area contributed by atoms with Crippen LogP contribution in [0, 0.1) is 6.92 Å². The van der Waals surface area contributed by atoms with Crippen molar-refractivity contribution in [3.63, 3.8) is 0 Å². The van der Waals surface area contributed by atoms with Crippen LogP contribution in [0.4, 0.5) is 0 Å². The van der Waals surface area contributed by atoms with Crippen molar-refractivity contribution in [2.45, 2.75) is 46.3 Å². The van der Waals surface area contributed by atoms with Gasteiger partial charge in [0.25, 0.3) is 0 Å². The minimum atomic E-state index is 0.166. The van der Waals surface area contributed by atoms with E-state index < -0.39 is 0 Å². The first-order valence-electron chi connectivity index (χ1n) is 5.78. The summed E-state index contributed by atoms with van der Waals surface area (Å²) in [6.45, 7) is 12.0. The van der Waals surface area contributed by atoms with Crippen LogP contribution >= 0.6 is 0 Å². The van der Waals surface area contributed by atoms with Gasteiger partial charge in [-0.1, -0.05) is 6.07 Å². The first-order chi connectivity index (χ1) is 7.52. The summed E-state index contributed by atoms with van der Waals surface area (Å²) in [6.07, 6.45) is 1.07. The number of ether oxygens (including phenoxy) is 2. The predicted octanol–water partition coefficient (Wildman–Crippen LogP) is 3.64. The van der Waals surface area contributed by atoms with Gasteiger partial charge in [0.15, 0.2) is 0 Å². The SMILES string of the molecule is [CH2]Cc1ccc(OC(C)C)cc1OC(C)C. The maximum atomic E-state index is 5.74. The molecule has 16 heavy (non-hydrogen) atoms. The van der Waals surface area contributed by atoms with Crippen molar-refractivity contribution >= 4 is 0 Å². The summed E-state index contributed by atoms with van der Waals surface area (Å²) >= 11 is 0. The highest BCUT2D eigenvalue weighted by Gasteiger charge is 2.07. The van der Waals surface area contributed by atoms with Crippen molar-refractivity contribution in [2.24, 2.45) is 0 Å². The summed E-state index contributed by atoms with van der Waals surface area (Å²) in [5, 5.41) is 0. The Kier molecular flexibility index (Phi) is 4.66. The van der Waals surface area contributed by atoms with Crippen molar-refractivity contribution in [3.05, 3.63) is 30.7 Å². The maximum absolute atomic E-state index is 5.74. The molecule has 0 amide bonds. The molecule has 0 heterocycles. The fraction of sp³-hybridized carbons (Fsp3) is 0.500. The van der Waals surface area contributed by atoms with Gasteiger partial charge in [-0.2, -0.15) is 0 Å². The Morgan fingerprint density at radius 1 is 1.06 bits per heavy atom. The molecule has 2 nitrogen and oxygen atoms in total. The summed E-state index contributed by atoms with van der Waals surface area (Å²) in [4.78, 5) is 0. The van der Waals surface area contributed by atoms with Crippen LogP contribution in [0.25, 0.3) is 0 Å². The molecule has 1 rings (SSSR count). The van der Waals surface area contributed by atoms with Crippen LogP contribution in [0.1, 0.15) is 33.3 Å². The van der Waals surface area contributed by atoms with E-state index in [1.165, 1.54) is 0 Å². The Labute approximate surface area is 98.6 Å². The Hall–Kier alpha value is -1.18. The fourth-order valence-electron chi connectivity index (χ4n) is 1.45. The molecule has 89 valence electrons. The van der Waals surface area contributed by atoms with Crippen molar-refractivity contribution in [2.75, 3.05) is 0 Å². The third-order valence-electron chi connectivity index (χ3n) is 2.04. The zero-order valence-corrected chi connectivity index (χ0v) is 10.6. The number of benzene rings is 1. The lowest BCUT2D eigenvalue weighted by atomic mass is 10.1. The average molecular weight is 221 g/mol. The van der Waals surface area contributed by atoms with Gasteiger partial charge in [0.1, 0.15) is 11.5 Å². The molecule has 0 bridgehead atoms. The van der Waals surface area contributed by atoms with Crippen molar-refractivity contribution in [1.82, 2.24) is 0 Å². The Bertz CT molecular complexity index is 330. The molecule has 0 aromatic heterocycles. The molecule has 0 aliphatic carbocycles. The lowest BCUT2D eigenvalue weighted by Crippen LogP contribution is -2.09. The van der Waals surface area contributed by atoms with Gasteiger partial charge >= 0.3 is 0 Å². The van der Waals surface area contributed by atoms with Gasteiger partial charge in [-0.25, -0.2) is 0 Å². The summed E-state index contributed by atoms with van der Waals surface area (Å²) in [5.41, 5.74) is 1.12. The predicted molar refractivity (Wildman–Crippen MR) is 67.0 cm³/mol. The highest BCUT2D eigenvalue weighted by Crippen LogP contribution is 2.26. The van der Waals surface area contributed by atoms with E-state index >= 15 is 0 Å². The van der Waals surface area contributed by atoms with Gasteiger partial charge < -0.3 is 9.47 Å². The van der Waals surface area contributed by atoms with Crippen LogP contribution in [0.5, 0.6) is 11.5 Å². The van der Waals surface area contributed by atoms with E-state index in [1.807, 2.05) is 45.9 Å². The standard InChI is InChI=1S/C14H21O2/c1-6-12-7-8-13(15-10(2)3)9-14(12)16-11(4)5/h7-11H,1,6H2,2-5H3. The summed E-state index contributed by atoms with van der Waals surface area (Å²) in [7, 11) is 0. The molecule has 0 fully saturated rings. The zero-order chi connectivity index (χ0) is 12.1. The first-order valence-corrected chi connectivity index (χ1v) is 5.78. The van der Waals surface area contributed by atoms with Crippen LogP contribution in [-0.4, -0.2) is 12.2 Å². The largest absolute Gasteiger partial charge is 0.491 e. The summed E-state index contributed by atoms with van der Waals surface area (Å²) in [5.74, 6) is 1.73. The first kappa shape index (κ1) is 12.9. The van der Waals surface area contributed by atoms with Gasteiger partial charge in [-0.3, -0.25) is 0 Å². The van der Waals surface area contributed by atoms with Gasteiger partial charge in [-0.05, 0) is 52.7 Å². The van der Waals surface area contributed by atoms with Crippen molar-refractivity contribution in [1.29, 1.82) is 0 Å². The lowest BCUT2D eigenvalue weighted by Gasteiger charge is -2.16. The number of hydrogen-bond donors (Lipinski definition) is 0. The highest BCUT2D eigenvalue weighted by molar-refractivity contribution is 5.41. The van der Waals surface area contributed by atoms with E-state index in [0.717, 1.165) is 23.5 Å². The van der Waals surface area contributed by atoms with Crippen molar-refractivity contribution in [3.8, 4) is 11.5 Å². The molecule has 1 aromatic rings. The molecule has 1 radical (unpaired) electrons. The van der Waals surface area contributed by atoms with E-state index in [0.29, 0.717) is 0 Å². The van der Waals surface area contributed by atoms with Gasteiger partial charge in [0, 0.05) is 6.07 Å². The van der Waals surface area contributed by atoms with Crippen molar-refractivity contribution < 1.29 is 9.47 Å². The molecule has 0 unspecified atom stereocenters. The van der Waals surface area contributed by atoms with Crippen LogP contribution < -0.4 is 9.47 Å². The molecule has 0 saturated heterocycles. The highest BCUT2D eigenvalue weighted by atomic mass is 16.5. The zero-order valence-electron chi connectivity index (χ0n) is 10.6. The minimum Gasteiger partial charge on any atom is -0.491 e. The van der Waals surface area contributed by atoms with Crippen LogP contribution in [0.2, 0.25) is 0 Å². The number of rotatable bonds is 5. The molecular weight excluding hydrogens is 200 g/mol. The normalized spacial score (nSPS) is 10.9.